The summed E-state index contributed by atoms with van der Waals surface area (Å²) < 4.78 is 0. The van der Waals surface area contributed by atoms with Gasteiger partial charge >= 0.3 is 0 Å². The van der Waals surface area contributed by atoms with Gasteiger partial charge in [0.1, 0.15) is 5.15 Å². The minimum Gasteiger partial charge on any atom is -0.391 e. The Morgan fingerprint density at radius 1 is 1.40 bits per heavy atom. The molecule has 20 heavy (non-hydrogen) atoms. The highest BCUT2D eigenvalue weighted by atomic mass is 35.5. The van der Waals surface area contributed by atoms with E-state index in [1.54, 1.807) is 12.1 Å². The van der Waals surface area contributed by atoms with Crippen LogP contribution in [-0.4, -0.2) is 28.1 Å². The van der Waals surface area contributed by atoms with E-state index in [4.69, 9.17) is 11.6 Å². The number of pyridine rings is 1. The second kappa shape index (κ2) is 7.04. The van der Waals surface area contributed by atoms with Crippen LogP contribution >= 0.6 is 11.6 Å². The summed E-state index contributed by atoms with van der Waals surface area (Å²) in [5.41, 5.74) is 1.31. The van der Waals surface area contributed by atoms with Gasteiger partial charge in [-0.25, -0.2) is 4.98 Å². The number of halogens is 1. The Balaban J connectivity index is 2.09. The summed E-state index contributed by atoms with van der Waals surface area (Å²) in [4.78, 5) is 16.4. The van der Waals surface area contributed by atoms with E-state index in [0.29, 0.717) is 10.7 Å². The number of aryl methyl sites for hydroxylation is 1. The molecule has 1 aliphatic carbocycles. The highest BCUT2D eigenvalue weighted by molar-refractivity contribution is 6.29. The summed E-state index contributed by atoms with van der Waals surface area (Å²) in [7, 11) is 0. The van der Waals surface area contributed by atoms with Gasteiger partial charge in [0.2, 0.25) is 0 Å². The first-order valence-electron chi connectivity index (χ1n) is 7.25. The molecule has 1 saturated carbocycles. The van der Waals surface area contributed by atoms with Gasteiger partial charge in [-0.15, -0.1) is 0 Å². The van der Waals surface area contributed by atoms with Crippen molar-refractivity contribution in [2.24, 2.45) is 0 Å². The number of nitrogens with zero attached hydrogens (tertiary/aromatic N) is 1. The molecular weight excluding hydrogens is 276 g/mol. The standard InChI is InChI=1S/C15H21ClN2O2/c1-2-11-8-10(9-14(16)17-11)15(20)18-12-6-4-3-5-7-13(12)19/h8-9,12-13,19H,2-7H2,1H3,(H,18,20). The monoisotopic (exact) mass is 296 g/mol. The summed E-state index contributed by atoms with van der Waals surface area (Å²) in [6, 6.07) is 3.16. The van der Waals surface area contributed by atoms with Crippen LogP contribution in [0.5, 0.6) is 0 Å². The third kappa shape index (κ3) is 3.93. The van der Waals surface area contributed by atoms with Crippen LogP contribution in [0, 0.1) is 0 Å². The predicted molar refractivity (Wildman–Crippen MR) is 79.0 cm³/mol. The minimum atomic E-state index is -0.454. The maximum atomic E-state index is 12.3. The van der Waals surface area contributed by atoms with Gasteiger partial charge in [-0.3, -0.25) is 4.79 Å². The molecule has 2 atom stereocenters. The number of aromatic nitrogens is 1. The van der Waals surface area contributed by atoms with E-state index in [1.807, 2.05) is 6.92 Å². The molecule has 0 spiro atoms. The van der Waals surface area contributed by atoms with Crippen molar-refractivity contribution in [1.29, 1.82) is 0 Å². The molecule has 1 aromatic rings. The van der Waals surface area contributed by atoms with Crippen molar-refractivity contribution in [1.82, 2.24) is 10.3 Å². The van der Waals surface area contributed by atoms with Crippen molar-refractivity contribution in [3.05, 3.63) is 28.5 Å². The van der Waals surface area contributed by atoms with Gasteiger partial charge in [0.15, 0.2) is 0 Å². The van der Waals surface area contributed by atoms with E-state index < -0.39 is 6.10 Å². The van der Waals surface area contributed by atoms with Gasteiger partial charge in [-0.05, 0) is 31.4 Å². The van der Waals surface area contributed by atoms with Crippen LogP contribution in [-0.2, 0) is 6.42 Å². The third-order valence-electron chi connectivity index (χ3n) is 3.77. The lowest BCUT2D eigenvalue weighted by Gasteiger charge is -2.21. The summed E-state index contributed by atoms with van der Waals surface area (Å²) in [6.45, 7) is 1.97. The van der Waals surface area contributed by atoms with Crippen LogP contribution in [0.1, 0.15) is 55.1 Å². The van der Waals surface area contributed by atoms with E-state index in [1.165, 1.54) is 0 Å². The summed E-state index contributed by atoms with van der Waals surface area (Å²) in [5, 5.41) is 13.3. The number of rotatable bonds is 3. The molecule has 2 unspecified atom stereocenters. The van der Waals surface area contributed by atoms with E-state index in [2.05, 4.69) is 10.3 Å². The molecule has 4 nitrogen and oxygen atoms in total. The molecule has 0 radical (unpaired) electrons. The number of aliphatic hydroxyl groups excluding tert-OH is 1. The van der Waals surface area contributed by atoms with Gasteiger partial charge in [0.25, 0.3) is 5.91 Å². The van der Waals surface area contributed by atoms with Crippen LogP contribution in [0.4, 0.5) is 0 Å². The summed E-state index contributed by atoms with van der Waals surface area (Å²) >= 11 is 5.93. The van der Waals surface area contributed by atoms with Gasteiger partial charge in [0.05, 0.1) is 12.1 Å². The Bertz CT molecular complexity index is 479. The molecule has 2 rings (SSSR count). The summed E-state index contributed by atoms with van der Waals surface area (Å²) in [5.74, 6) is -0.185. The van der Waals surface area contributed by atoms with Crippen LogP contribution < -0.4 is 5.32 Å². The zero-order valence-corrected chi connectivity index (χ0v) is 12.5. The van der Waals surface area contributed by atoms with Crippen molar-refractivity contribution < 1.29 is 9.90 Å². The second-order valence-corrected chi connectivity index (χ2v) is 5.70. The quantitative estimate of drug-likeness (QED) is 0.666. The Labute approximate surface area is 124 Å². The van der Waals surface area contributed by atoms with E-state index >= 15 is 0 Å². The number of carbonyl (C=O) groups is 1. The number of nitrogens with one attached hydrogen (secondary N) is 1. The zero-order valence-electron chi connectivity index (χ0n) is 11.7. The molecule has 0 saturated heterocycles. The third-order valence-corrected chi connectivity index (χ3v) is 3.96. The normalized spacial score (nSPS) is 23.1. The number of hydrogen-bond acceptors (Lipinski definition) is 3. The van der Waals surface area contributed by atoms with Gasteiger partial charge in [-0.2, -0.15) is 0 Å². The fourth-order valence-corrected chi connectivity index (χ4v) is 2.80. The predicted octanol–water partition coefficient (Wildman–Crippen LogP) is 2.72. The Morgan fingerprint density at radius 2 is 2.15 bits per heavy atom. The average molecular weight is 297 g/mol. The average Bonchev–Trinajstić information content (AvgIpc) is 2.63. The molecule has 110 valence electrons. The highest BCUT2D eigenvalue weighted by Crippen LogP contribution is 2.19. The largest absolute Gasteiger partial charge is 0.391 e. The number of carbonyl (C=O) groups excluding carboxylic acids is 1. The maximum absolute atomic E-state index is 12.3. The lowest BCUT2D eigenvalue weighted by Crippen LogP contribution is -2.42. The smallest absolute Gasteiger partial charge is 0.251 e. The number of aliphatic hydroxyl groups is 1. The maximum Gasteiger partial charge on any atom is 0.251 e. The first-order valence-corrected chi connectivity index (χ1v) is 7.63. The molecule has 1 aliphatic rings. The highest BCUT2D eigenvalue weighted by Gasteiger charge is 2.23. The first kappa shape index (κ1) is 15.3. The number of amides is 1. The molecule has 1 aromatic heterocycles. The van der Waals surface area contributed by atoms with Crippen LogP contribution in [0.15, 0.2) is 12.1 Å². The van der Waals surface area contributed by atoms with Crippen molar-refractivity contribution in [2.75, 3.05) is 0 Å². The van der Waals surface area contributed by atoms with Crippen molar-refractivity contribution >= 4 is 17.5 Å². The molecule has 2 N–H and O–H groups in total. The van der Waals surface area contributed by atoms with Gasteiger partial charge in [0, 0.05) is 11.3 Å². The molecule has 1 heterocycles. The molecule has 1 amide bonds. The molecular formula is C15H21ClN2O2. The Morgan fingerprint density at radius 3 is 2.90 bits per heavy atom. The molecule has 0 aromatic carbocycles. The van der Waals surface area contributed by atoms with Gasteiger partial charge in [-0.1, -0.05) is 37.8 Å². The number of hydrogen-bond donors (Lipinski definition) is 2. The van der Waals surface area contributed by atoms with Crippen LogP contribution in [0.3, 0.4) is 0 Å². The lowest BCUT2D eigenvalue weighted by molar-refractivity contribution is 0.0818. The van der Waals surface area contributed by atoms with Crippen LogP contribution in [0.2, 0.25) is 5.15 Å². The molecule has 1 fully saturated rings. The zero-order chi connectivity index (χ0) is 14.5. The Kier molecular flexibility index (Phi) is 5.38. The van der Waals surface area contributed by atoms with Crippen molar-refractivity contribution in [2.45, 2.75) is 57.6 Å². The molecule has 0 bridgehead atoms. The minimum absolute atomic E-state index is 0.165. The summed E-state index contributed by atoms with van der Waals surface area (Å²) in [6.07, 6.45) is 5.03. The van der Waals surface area contributed by atoms with Crippen molar-refractivity contribution in [3.8, 4) is 0 Å². The fourth-order valence-electron chi connectivity index (χ4n) is 2.57. The fraction of sp³-hybridized carbons (Fsp3) is 0.600. The Hall–Kier alpha value is -1.13. The lowest BCUT2D eigenvalue weighted by atomic mass is 10.1. The van der Waals surface area contributed by atoms with Crippen molar-refractivity contribution in [3.63, 3.8) is 0 Å². The van der Waals surface area contributed by atoms with Gasteiger partial charge < -0.3 is 10.4 Å². The first-order chi connectivity index (χ1) is 9.60. The topological polar surface area (TPSA) is 62.2 Å². The van der Waals surface area contributed by atoms with Crippen LogP contribution in [0.25, 0.3) is 0 Å². The SMILES string of the molecule is CCc1cc(C(=O)NC2CCCCCC2O)cc(Cl)n1. The molecule has 0 aliphatic heterocycles. The van der Waals surface area contributed by atoms with E-state index in [-0.39, 0.29) is 11.9 Å². The van der Waals surface area contributed by atoms with E-state index in [9.17, 15) is 9.90 Å². The second-order valence-electron chi connectivity index (χ2n) is 5.31. The van der Waals surface area contributed by atoms with E-state index in [0.717, 1.165) is 44.2 Å². The molecule has 5 heteroatoms.